The van der Waals surface area contributed by atoms with Crippen LogP contribution in [-0.4, -0.2) is 31.0 Å². The molecule has 1 unspecified atom stereocenters. The lowest BCUT2D eigenvalue weighted by Crippen LogP contribution is -2.31. The number of halogens is 1. The molecule has 1 aromatic rings. The van der Waals surface area contributed by atoms with Gasteiger partial charge in [0.1, 0.15) is 5.75 Å². The predicted molar refractivity (Wildman–Crippen MR) is 84.2 cm³/mol. The maximum absolute atomic E-state index is 12.6. The number of likely N-dealkylation sites (tertiary alicyclic amines) is 1. The summed E-state index contributed by atoms with van der Waals surface area (Å²) in [4.78, 5) is 14.6. The molecule has 0 bridgehead atoms. The normalized spacial score (nSPS) is 19.2. The molecular weight excluding hydrogens is 318 g/mol. The van der Waals surface area contributed by atoms with E-state index in [-0.39, 0.29) is 11.3 Å². The Kier molecular flexibility index (Phi) is 4.43. The minimum Gasteiger partial charge on any atom is -0.496 e. The molecule has 0 spiro atoms. The molecule has 1 aliphatic heterocycles. The topological polar surface area (TPSA) is 29.5 Å². The second kappa shape index (κ2) is 5.76. The molecule has 3 nitrogen and oxygen atoms in total. The van der Waals surface area contributed by atoms with Crippen LogP contribution in [0, 0.1) is 11.3 Å². The Balaban J connectivity index is 2.17. The summed E-state index contributed by atoms with van der Waals surface area (Å²) < 4.78 is 6.24. The first-order valence-corrected chi connectivity index (χ1v) is 7.75. The molecule has 1 fully saturated rings. The van der Waals surface area contributed by atoms with E-state index in [1.54, 1.807) is 7.11 Å². The standard InChI is InChI=1S/C16H22BrNO2/c1-16(2,3)11-7-8-18(10-11)15(19)13-6-5-12(17)9-14(13)20-4/h5-6,9,11H,7-8,10H2,1-4H3. The molecule has 1 amide bonds. The molecule has 1 aliphatic rings. The maximum Gasteiger partial charge on any atom is 0.257 e. The summed E-state index contributed by atoms with van der Waals surface area (Å²) in [7, 11) is 1.60. The first kappa shape index (κ1) is 15.4. The number of benzene rings is 1. The predicted octanol–water partition coefficient (Wildman–Crippen LogP) is 3.97. The molecule has 4 heteroatoms. The Bertz CT molecular complexity index is 508. The smallest absolute Gasteiger partial charge is 0.257 e. The van der Waals surface area contributed by atoms with Crippen LogP contribution in [0.4, 0.5) is 0 Å². The van der Waals surface area contributed by atoms with Gasteiger partial charge < -0.3 is 9.64 Å². The van der Waals surface area contributed by atoms with E-state index in [0.717, 1.165) is 24.0 Å². The molecule has 0 radical (unpaired) electrons. The van der Waals surface area contributed by atoms with Gasteiger partial charge in [0.2, 0.25) is 0 Å². The average Bonchev–Trinajstić information content (AvgIpc) is 2.87. The molecule has 1 aromatic carbocycles. The molecule has 0 N–H and O–H groups in total. The van der Waals surface area contributed by atoms with E-state index in [0.29, 0.717) is 17.2 Å². The van der Waals surface area contributed by atoms with Crippen LogP contribution >= 0.6 is 15.9 Å². The van der Waals surface area contributed by atoms with Gasteiger partial charge in [-0.15, -0.1) is 0 Å². The summed E-state index contributed by atoms with van der Waals surface area (Å²) in [5.41, 5.74) is 0.893. The molecule has 20 heavy (non-hydrogen) atoms. The molecular formula is C16H22BrNO2. The summed E-state index contributed by atoms with van der Waals surface area (Å²) in [6, 6.07) is 5.55. The maximum atomic E-state index is 12.6. The summed E-state index contributed by atoms with van der Waals surface area (Å²) in [5, 5.41) is 0. The van der Waals surface area contributed by atoms with Crippen LogP contribution in [0.5, 0.6) is 5.75 Å². The number of carbonyl (C=O) groups excluding carboxylic acids is 1. The number of methoxy groups -OCH3 is 1. The van der Waals surface area contributed by atoms with Crippen LogP contribution < -0.4 is 4.74 Å². The number of ether oxygens (including phenoxy) is 1. The SMILES string of the molecule is COc1cc(Br)ccc1C(=O)N1CCC(C(C)(C)C)C1. The van der Waals surface area contributed by atoms with Gasteiger partial charge in [0.25, 0.3) is 5.91 Å². The molecule has 0 saturated carbocycles. The Morgan fingerprint density at radius 2 is 2.10 bits per heavy atom. The molecule has 1 heterocycles. The highest BCUT2D eigenvalue weighted by atomic mass is 79.9. The summed E-state index contributed by atoms with van der Waals surface area (Å²) in [6.07, 6.45) is 1.08. The largest absolute Gasteiger partial charge is 0.496 e. The Labute approximate surface area is 129 Å². The highest BCUT2D eigenvalue weighted by Crippen LogP contribution is 2.35. The van der Waals surface area contributed by atoms with E-state index >= 15 is 0 Å². The number of rotatable bonds is 2. The fourth-order valence-corrected chi connectivity index (χ4v) is 3.00. The highest BCUT2D eigenvalue weighted by Gasteiger charge is 2.34. The van der Waals surface area contributed by atoms with Gasteiger partial charge in [-0.05, 0) is 36.0 Å². The van der Waals surface area contributed by atoms with E-state index in [2.05, 4.69) is 36.7 Å². The van der Waals surface area contributed by atoms with Crippen molar-refractivity contribution in [3.63, 3.8) is 0 Å². The van der Waals surface area contributed by atoms with Crippen molar-refractivity contribution < 1.29 is 9.53 Å². The first-order chi connectivity index (χ1) is 9.32. The Morgan fingerprint density at radius 1 is 1.40 bits per heavy atom. The van der Waals surface area contributed by atoms with Crippen molar-refractivity contribution in [3.8, 4) is 5.75 Å². The third-order valence-corrected chi connectivity index (χ3v) is 4.59. The van der Waals surface area contributed by atoms with Crippen molar-refractivity contribution >= 4 is 21.8 Å². The van der Waals surface area contributed by atoms with E-state index in [1.807, 2.05) is 23.1 Å². The average molecular weight is 340 g/mol. The van der Waals surface area contributed by atoms with Crippen LogP contribution in [0.15, 0.2) is 22.7 Å². The number of carbonyl (C=O) groups is 1. The van der Waals surface area contributed by atoms with Crippen LogP contribution in [0.25, 0.3) is 0 Å². The second-order valence-corrected chi connectivity index (χ2v) is 7.36. The number of hydrogen-bond donors (Lipinski definition) is 0. The van der Waals surface area contributed by atoms with Gasteiger partial charge >= 0.3 is 0 Å². The number of nitrogens with zero attached hydrogens (tertiary/aromatic N) is 1. The van der Waals surface area contributed by atoms with E-state index in [4.69, 9.17) is 4.74 Å². The zero-order valence-corrected chi connectivity index (χ0v) is 14.2. The Morgan fingerprint density at radius 3 is 2.65 bits per heavy atom. The lowest BCUT2D eigenvalue weighted by atomic mass is 9.80. The van der Waals surface area contributed by atoms with Gasteiger partial charge in [0, 0.05) is 17.6 Å². The fraction of sp³-hybridized carbons (Fsp3) is 0.562. The van der Waals surface area contributed by atoms with Gasteiger partial charge in [0.05, 0.1) is 12.7 Å². The Hall–Kier alpha value is -1.03. The van der Waals surface area contributed by atoms with Crippen LogP contribution in [-0.2, 0) is 0 Å². The molecule has 1 saturated heterocycles. The van der Waals surface area contributed by atoms with Crippen molar-refractivity contribution in [2.45, 2.75) is 27.2 Å². The van der Waals surface area contributed by atoms with Crippen LogP contribution in [0.1, 0.15) is 37.6 Å². The molecule has 0 aromatic heterocycles. The van der Waals surface area contributed by atoms with Crippen molar-refractivity contribution in [1.82, 2.24) is 4.90 Å². The molecule has 1 atom stereocenters. The van der Waals surface area contributed by atoms with Gasteiger partial charge in [-0.1, -0.05) is 36.7 Å². The molecule has 110 valence electrons. The summed E-state index contributed by atoms with van der Waals surface area (Å²) in [5.74, 6) is 1.26. The third kappa shape index (κ3) is 3.17. The summed E-state index contributed by atoms with van der Waals surface area (Å²) >= 11 is 3.40. The van der Waals surface area contributed by atoms with Crippen molar-refractivity contribution in [2.24, 2.45) is 11.3 Å². The minimum absolute atomic E-state index is 0.0705. The van der Waals surface area contributed by atoms with Gasteiger partial charge in [0.15, 0.2) is 0 Å². The van der Waals surface area contributed by atoms with Gasteiger partial charge in [-0.25, -0.2) is 0 Å². The zero-order chi connectivity index (χ0) is 14.9. The van der Waals surface area contributed by atoms with Crippen molar-refractivity contribution in [2.75, 3.05) is 20.2 Å². The van der Waals surface area contributed by atoms with E-state index in [9.17, 15) is 4.79 Å². The van der Waals surface area contributed by atoms with E-state index in [1.165, 1.54) is 0 Å². The van der Waals surface area contributed by atoms with Crippen LogP contribution in [0.3, 0.4) is 0 Å². The molecule has 0 aliphatic carbocycles. The van der Waals surface area contributed by atoms with Crippen molar-refractivity contribution in [3.05, 3.63) is 28.2 Å². The van der Waals surface area contributed by atoms with Crippen LogP contribution in [0.2, 0.25) is 0 Å². The minimum atomic E-state index is 0.0705. The highest BCUT2D eigenvalue weighted by molar-refractivity contribution is 9.10. The van der Waals surface area contributed by atoms with E-state index < -0.39 is 0 Å². The zero-order valence-electron chi connectivity index (χ0n) is 12.6. The first-order valence-electron chi connectivity index (χ1n) is 6.95. The lowest BCUT2D eigenvalue weighted by Gasteiger charge is -2.27. The van der Waals surface area contributed by atoms with Gasteiger partial charge in [-0.2, -0.15) is 0 Å². The number of hydrogen-bond acceptors (Lipinski definition) is 2. The third-order valence-electron chi connectivity index (χ3n) is 4.09. The summed E-state index contributed by atoms with van der Waals surface area (Å²) in [6.45, 7) is 8.39. The monoisotopic (exact) mass is 339 g/mol. The van der Waals surface area contributed by atoms with Crippen molar-refractivity contribution in [1.29, 1.82) is 0 Å². The second-order valence-electron chi connectivity index (χ2n) is 6.45. The van der Waals surface area contributed by atoms with Gasteiger partial charge in [-0.3, -0.25) is 4.79 Å². The fourth-order valence-electron chi connectivity index (χ4n) is 2.66. The lowest BCUT2D eigenvalue weighted by molar-refractivity contribution is 0.0773. The molecule has 2 rings (SSSR count). The number of amides is 1. The quantitative estimate of drug-likeness (QED) is 0.815.